The van der Waals surface area contributed by atoms with Gasteiger partial charge < -0.3 is 24.1 Å². The molecule has 3 aromatic rings. The molecule has 0 bridgehead atoms. The lowest BCUT2D eigenvalue weighted by molar-refractivity contribution is -2.00. The third-order valence-electron chi connectivity index (χ3n) is 3.92. The first-order chi connectivity index (χ1) is 14.7. The molecular weight excluding hydrogens is 434 g/mol. The van der Waals surface area contributed by atoms with Crippen molar-refractivity contribution < 1.29 is 58.0 Å². The fraction of sp³-hybridized carbons (Fsp3) is 0.250. The molecule has 0 unspecified atom stereocenters. The van der Waals surface area contributed by atoms with E-state index in [1.54, 1.807) is 25.3 Å². The third-order valence-corrected chi connectivity index (χ3v) is 3.92. The van der Waals surface area contributed by atoms with Crippen LogP contribution in [0.2, 0.25) is 0 Å². The van der Waals surface area contributed by atoms with Crippen molar-refractivity contribution in [1.29, 1.82) is 0 Å². The number of halogens is 1. The maximum absolute atomic E-state index is 9.80. The van der Waals surface area contributed by atoms with Crippen molar-refractivity contribution in [2.45, 2.75) is 0 Å². The molecule has 168 valence electrons. The molecule has 0 aliphatic rings. The van der Waals surface area contributed by atoms with E-state index in [1.165, 1.54) is 0 Å². The van der Waals surface area contributed by atoms with Crippen molar-refractivity contribution in [2.24, 2.45) is 0 Å². The van der Waals surface area contributed by atoms with Gasteiger partial charge in [0.15, 0.2) is 6.54 Å². The van der Waals surface area contributed by atoms with Gasteiger partial charge in [-0.05, 0) is 42.5 Å². The van der Waals surface area contributed by atoms with Crippen molar-refractivity contribution in [3.8, 4) is 22.8 Å². The second kappa shape index (κ2) is 11.6. The number of fused-ring (bicyclic) bond motifs is 1. The Hall–Kier alpha value is -2.70. The second-order valence-electron chi connectivity index (χ2n) is 6.07. The zero-order chi connectivity index (χ0) is 22.9. The lowest BCUT2D eigenvalue weighted by atomic mass is 10.1. The zero-order valence-corrected chi connectivity index (χ0v) is 17.3. The molecule has 0 atom stereocenters. The molecule has 0 saturated heterocycles. The molecule has 11 heteroatoms. The van der Waals surface area contributed by atoms with Gasteiger partial charge in [0.1, 0.15) is 29.4 Å². The molecule has 31 heavy (non-hydrogen) atoms. The summed E-state index contributed by atoms with van der Waals surface area (Å²) in [5.74, 6) is 1.65. The lowest BCUT2D eigenvalue weighted by Gasteiger charge is -2.17. The molecule has 0 spiro atoms. The monoisotopic (exact) mass is 455 g/mol. The van der Waals surface area contributed by atoms with Gasteiger partial charge in [0, 0.05) is 5.56 Å². The molecule has 10 nitrogen and oxygen atoms in total. The van der Waals surface area contributed by atoms with Gasteiger partial charge in [0.05, 0.1) is 31.8 Å². The predicted octanol–water partition coefficient (Wildman–Crippen LogP) is -3.95. The van der Waals surface area contributed by atoms with E-state index in [2.05, 4.69) is 4.99 Å². The summed E-state index contributed by atoms with van der Waals surface area (Å²) in [6.45, 7) is 1.34. The SMILES string of the molecule is COc1ccc(-c2cc(=[NH+]CCOCCO)c3cc(O)ccc3o2)cc1.[O-][Cl+3]([O-])([O-])[O-]. The van der Waals surface area contributed by atoms with Gasteiger partial charge in [0.2, 0.25) is 5.36 Å². The maximum atomic E-state index is 9.80. The van der Waals surface area contributed by atoms with Crippen LogP contribution in [0.4, 0.5) is 0 Å². The van der Waals surface area contributed by atoms with E-state index in [4.69, 9.17) is 37.6 Å². The van der Waals surface area contributed by atoms with Gasteiger partial charge in [0.25, 0.3) is 0 Å². The van der Waals surface area contributed by atoms with E-state index in [0.29, 0.717) is 31.1 Å². The Morgan fingerprint density at radius 1 is 1.00 bits per heavy atom. The average Bonchev–Trinajstić information content (AvgIpc) is 2.72. The molecule has 0 aliphatic carbocycles. The highest BCUT2D eigenvalue weighted by atomic mass is 35.7. The van der Waals surface area contributed by atoms with Crippen molar-refractivity contribution in [3.63, 3.8) is 0 Å². The molecule has 0 radical (unpaired) electrons. The Morgan fingerprint density at radius 2 is 1.68 bits per heavy atom. The standard InChI is InChI=1S/C20H21NO5.ClHO4/c1-24-16-5-2-14(3-6-16)20-13-18(21-8-10-25-11-9-22)17-12-15(23)4-7-19(17)26-20;2-1(3,4)5/h2-7,12-13,22-23H,8-11H2,1H3;(H,2,3,4,5). The molecule has 0 saturated carbocycles. The van der Waals surface area contributed by atoms with Crippen LogP contribution in [-0.2, 0) is 4.74 Å². The van der Waals surface area contributed by atoms with E-state index in [1.807, 2.05) is 30.3 Å². The molecule has 2 aromatic carbocycles. The highest BCUT2D eigenvalue weighted by Gasteiger charge is 2.10. The molecule has 0 fully saturated rings. The van der Waals surface area contributed by atoms with E-state index >= 15 is 0 Å². The molecule has 1 heterocycles. The zero-order valence-electron chi connectivity index (χ0n) is 16.6. The largest absolute Gasteiger partial charge is 0.508 e. The summed E-state index contributed by atoms with van der Waals surface area (Å²) in [4.78, 5) is 3.30. The maximum Gasteiger partial charge on any atom is 0.213 e. The number of aliphatic hydroxyl groups excluding tert-OH is 1. The van der Waals surface area contributed by atoms with Crippen LogP contribution in [0.15, 0.2) is 52.9 Å². The van der Waals surface area contributed by atoms with E-state index < -0.39 is 10.2 Å². The first-order valence-electron chi connectivity index (χ1n) is 9.00. The summed E-state index contributed by atoms with van der Waals surface area (Å²) in [5, 5.41) is 20.2. The molecule has 3 rings (SSSR count). The van der Waals surface area contributed by atoms with Gasteiger partial charge >= 0.3 is 0 Å². The van der Waals surface area contributed by atoms with Crippen LogP contribution >= 0.6 is 0 Å². The minimum Gasteiger partial charge on any atom is -0.508 e. The van der Waals surface area contributed by atoms with Gasteiger partial charge in [-0.2, -0.15) is 0 Å². The third kappa shape index (κ3) is 8.52. The summed E-state index contributed by atoms with van der Waals surface area (Å²) in [6, 6.07) is 14.5. The summed E-state index contributed by atoms with van der Waals surface area (Å²) < 4.78 is 50.5. The van der Waals surface area contributed by atoms with Gasteiger partial charge in [-0.25, -0.2) is 23.6 Å². The van der Waals surface area contributed by atoms with E-state index in [9.17, 15) is 5.11 Å². The van der Waals surface area contributed by atoms with Crippen LogP contribution in [0.1, 0.15) is 0 Å². The lowest BCUT2D eigenvalue weighted by Crippen LogP contribution is -2.77. The number of phenolic OH excluding ortho intramolecular Hbond substituents is 1. The minimum atomic E-state index is -4.94. The number of methoxy groups -OCH3 is 1. The second-order valence-corrected chi connectivity index (χ2v) is 6.83. The number of phenols is 1. The summed E-state index contributed by atoms with van der Waals surface area (Å²) in [5.41, 5.74) is 1.58. The Balaban J connectivity index is 0.000000614. The molecular formula is C20H22ClNO9. The van der Waals surface area contributed by atoms with Crippen LogP contribution < -0.4 is 33.7 Å². The number of benzene rings is 2. The van der Waals surface area contributed by atoms with Crippen LogP contribution in [0.5, 0.6) is 11.5 Å². The van der Waals surface area contributed by atoms with Gasteiger partial charge in [-0.15, -0.1) is 10.2 Å². The number of aliphatic hydroxyl groups is 1. The molecule has 0 aliphatic heterocycles. The topological polar surface area (TPSA) is 178 Å². The normalized spacial score (nSPS) is 11.9. The first kappa shape index (κ1) is 24.6. The van der Waals surface area contributed by atoms with Crippen LogP contribution in [0.25, 0.3) is 22.3 Å². The summed E-state index contributed by atoms with van der Waals surface area (Å²) in [7, 11) is -3.32. The molecule has 0 amide bonds. The van der Waals surface area contributed by atoms with Crippen LogP contribution in [0, 0.1) is 10.2 Å². The first-order valence-corrected chi connectivity index (χ1v) is 10.2. The number of aromatic hydroxyl groups is 1. The smallest absolute Gasteiger partial charge is 0.213 e. The van der Waals surface area contributed by atoms with Gasteiger partial charge in [-0.1, -0.05) is 0 Å². The van der Waals surface area contributed by atoms with Crippen LogP contribution in [-0.4, -0.2) is 43.7 Å². The molecule has 3 N–H and O–H groups in total. The van der Waals surface area contributed by atoms with Crippen LogP contribution in [0.3, 0.4) is 0 Å². The number of hydrogen-bond acceptors (Lipinski definition) is 9. The summed E-state index contributed by atoms with van der Waals surface area (Å²) >= 11 is 0. The number of ether oxygens (including phenoxy) is 2. The van der Waals surface area contributed by atoms with Crippen molar-refractivity contribution >= 4 is 11.0 Å². The fourth-order valence-electron chi connectivity index (χ4n) is 2.64. The minimum absolute atomic E-state index is 0.00262. The van der Waals surface area contributed by atoms with E-state index in [-0.39, 0.29) is 12.4 Å². The Bertz CT molecular complexity index is 1020. The Morgan fingerprint density at radius 3 is 2.29 bits per heavy atom. The Labute approximate surface area is 179 Å². The van der Waals surface area contributed by atoms with Gasteiger partial charge in [-0.3, -0.25) is 0 Å². The average molecular weight is 456 g/mol. The van der Waals surface area contributed by atoms with Crippen molar-refractivity contribution in [1.82, 2.24) is 0 Å². The Kier molecular flexibility index (Phi) is 9.21. The van der Waals surface area contributed by atoms with E-state index in [0.717, 1.165) is 22.1 Å². The van der Waals surface area contributed by atoms with Crippen molar-refractivity contribution in [2.75, 3.05) is 33.5 Å². The highest BCUT2D eigenvalue weighted by Crippen LogP contribution is 2.25. The predicted molar refractivity (Wildman–Crippen MR) is 96.7 cm³/mol. The molecule has 1 aromatic heterocycles. The number of rotatable bonds is 7. The van der Waals surface area contributed by atoms with Crippen molar-refractivity contribution in [3.05, 3.63) is 53.9 Å². The quantitative estimate of drug-likeness (QED) is 0.300. The number of nitrogens with one attached hydrogen (secondary N) is 1. The number of hydrogen-bond donors (Lipinski definition) is 3. The highest BCUT2D eigenvalue weighted by molar-refractivity contribution is 5.79. The summed E-state index contributed by atoms with van der Waals surface area (Å²) in [6.07, 6.45) is 0. The fourth-order valence-corrected chi connectivity index (χ4v) is 2.64.